The average molecular weight is 218 g/mol. The van der Waals surface area contributed by atoms with Gasteiger partial charge < -0.3 is 14.9 Å². The number of carbonyl (C=O) groups excluding carboxylic acids is 1. The minimum absolute atomic E-state index is 0.0255. The number of rotatable bonds is 2. The van der Waals surface area contributed by atoms with Gasteiger partial charge in [0.1, 0.15) is 0 Å². The number of aliphatic hydroxyl groups is 2. The second kappa shape index (κ2) is 7.65. The fraction of sp³-hybridized carbons (Fsp3) is 0.909. The minimum Gasteiger partial charge on any atom is -0.466 e. The molecule has 1 rings (SSSR count). The van der Waals surface area contributed by atoms with Crippen molar-refractivity contribution < 1.29 is 19.7 Å². The molecule has 0 aliphatic carbocycles. The molecule has 15 heavy (non-hydrogen) atoms. The van der Waals surface area contributed by atoms with E-state index in [2.05, 4.69) is 0 Å². The van der Waals surface area contributed by atoms with Crippen LogP contribution in [-0.4, -0.2) is 36.0 Å². The van der Waals surface area contributed by atoms with Gasteiger partial charge in [0.25, 0.3) is 0 Å². The number of aliphatic hydroxyl groups excluding tert-OH is 2. The summed E-state index contributed by atoms with van der Waals surface area (Å²) in [7, 11) is 0. The smallest absolute Gasteiger partial charge is 0.305 e. The van der Waals surface area contributed by atoms with Crippen molar-refractivity contribution in [1.29, 1.82) is 0 Å². The second-order valence-corrected chi connectivity index (χ2v) is 4.51. The molecule has 1 fully saturated rings. The summed E-state index contributed by atoms with van der Waals surface area (Å²) in [6.07, 6.45) is 3.83. The first-order valence-corrected chi connectivity index (χ1v) is 5.39. The highest BCUT2D eigenvalue weighted by Gasteiger charge is 2.13. The molecule has 0 amide bonds. The lowest BCUT2D eigenvalue weighted by Gasteiger charge is -2.16. The van der Waals surface area contributed by atoms with Crippen LogP contribution in [-0.2, 0) is 9.53 Å². The highest BCUT2D eigenvalue weighted by Crippen LogP contribution is 2.10. The Labute approximate surface area is 91.3 Å². The zero-order valence-corrected chi connectivity index (χ0v) is 9.66. The molecule has 0 unspecified atom stereocenters. The van der Waals surface area contributed by atoms with Crippen LogP contribution in [0.15, 0.2) is 0 Å². The molecule has 0 radical (unpaired) electrons. The SMILES string of the molecule is CC(C)(CO)CO.O=C1CCCCCO1. The van der Waals surface area contributed by atoms with Crippen molar-refractivity contribution in [3.05, 3.63) is 0 Å². The van der Waals surface area contributed by atoms with Crippen LogP contribution in [0.5, 0.6) is 0 Å². The molecular weight excluding hydrogens is 196 g/mol. The summed E-state index contributed by atoms with van der Waals surface area (Å²) in [5, 5.41) is 16.9. The quantitative estimate of drug-likeness (QED) is 0.681. The van der Waals surface area contributed by atoms with Crippen LogP contribution >= 0.6 is 0 Å². The Morgan fingerprint density at radius 2 is 1.80 bits per heavy atom. The Kier molecular flexibility index (Phi) is 7.34. The lowest BCUT2D eigenvalue weighted by molar-refractivity contribution is -0.142. The van der Waals surface area contributed by atoms with Crippen molar-refractivity contribution in [1.82, 2.24) is 0 Å². The van der Waals surface area contributed by atoms with E-state index in [1.54, 1.807) is 13.8 Å². The van der Waals surface area contributed by atoms with E-state index in [0.29, 0.717) is 13.0 Å². The molecule has 2 N–H and O–H groups in total. The summed E-state index contributed by atoms with van der Waals surface area (Å²) in [5.74, 6) is -0.0255. The van der Waals surface area contributed by atoms with Gasteiger partial charge in [0, 0.05) is 11.8 Å². The molecule has 1 aliphatic rings. The van der Waals surface area contributed by atoms with Crippen LogP contribution in [0, 0.1) is 5.41 Å². The molecule has 1 heterocycles. The number of hydrogen-bond acceptors (Lipinski definition) is 4. The van der Waals surface area contributed by atoms with E-state index < -0.39 is 0 Å². The summed E-state index contributed by atoms with van der Waals surface area (Å²) < 4.78 is 4.76. The highest BCUT2D eigenvalue weighted by atomic mass is 16.5. The third-order valence-corrected chi connectivity index (χ3v) is 2.14. The maximum absolute atomic E-state index is 10.5. The van der Waals surface area contributed by atoms with Gasteiger partial charge >= 0.3 is 5.97 Å². The summed E-state index contributed by atoms with van der Waals surface area (Å²) in [5.41, 5.74) is -0.306. The van der Waals surface area contributed by atoms with Gasteiger partial charge in [-0.05, 0) is 19.3 Å². The lowest BCUT2D eigenvalue weighted by atomic mass is 9.97. The molecule has 90 valence electrons. The molecule has 0 bridgehead atoms. The monoisotopic (exact) mass is 218 g/mol. The van der Waals surface area contributed by atoms with E-state index in [1.165, 1.54) is 0 Å². The number of hydrogen-bond donors (Lipinski definition) is 2. The summed E-state index contributed by atoms with van der Waals surface area (Å²) in [4.78, 5) is 10.5. The number of carbonyl (C=O) groups is 1. The second-order valence-electron chi connectivity index (χ2n) is 4.51. The summed E-state index contributed by atoms with van der Waals surface area (Å²) in [6, 6.07) is 0. The summed E-state index contributed by atoms with van der Waals surface area (Å²) in [6.45, 7) is 4.33. The maximum atomic E-state index is 10.5. The third kappa shape index (κ3) is 8.39. The molecule has 1 aliphatic heterocycles. The van der Waals surface area contributed by atoms with E-state index in [9.17, 15) is 4.79 Å². The average Bonchev–Trinajstić information content (AvgIpc) is 2.47. The largest absolute Gasteiger partial charge is 0.466 e. The first kappa shape index (κ1) is 14.4. The van der Waals surface area contributed by atoms with Gasteiger partial charge in [0.2, 0.25) is 0 Å². The molecule has 0 aromatic rings. The highest BCUT2D eigenvalue weighted by molar-refractivity contribution is 5.69. The Hall–Kier alpha value is -0.610. The van der Waals surface area contributed by atoms with Crippen molar-refractivity contribution in [2.24, 2.45) is 5.41 Å². The predicted octanol–water partition coefficient (Wildman–Crippen LogP) is 1.10. The predicted molar refractivity (Wildman–Crippen MR) is 57.4 cm³/mol. The molecule has 0 atom stereocenters. The van der Waals surface area contributed by atoms with Crippen LogP contribution in [0.25, 0.3) is 0 Å². The van der Waals surface area contributed by atoms with Crippen molar-refractivity contribution in [3.8, 4) is 0 Å². The molecular formula is C11H22O4. The van der Waals surface area contributed by atoms with Gasteiger partial charge in [-0.25, -0.2) is 0 Å². The Bertz CT molecular complexity index is 161. The molecule has 0 aromatic heterocycles. The van der Waals surface area contributed by atoms with Crippen molar-refractivity contribution >= 4 is 5.97 Å². The van der Waals surface area contributed by atoms with Crippen LogP contribution in [0.4, 0.5) is 0 Å². The van der Waals surface area contributed by atoms with Gasteiger partial charge in [-0.2, -0.15) is 0 Å². The van der Waals surface area contributed by atoms with Gasteiger partial charge in [-0.15, -0.1) is 0 Å². The molecule has 0 aromatic carbocycles. The van der Waals surface area contributed by atoms with E-state index in [1.807, 2.05) is 0 Å². The Morgan fingerprint density at radius 3 is 2.27 bits per heavy atom. The molecule has 4 nitrogen and oxygen atoms in total. The molecule has 0 saturated carbocycles. The van der Waals surface area contributed by atoms with Gasteiger partial charge in [-0.1, -0.05) is 13.8 Å². The van der Waals surface area contributed by atoms with Crippen LogP contribution < -0.4 is 0 Å². The van der Waals surface area contributed by atoms with Crippen LogP contribution in [0.3, 0.4) is 0 Å². The summed E-state index contributed by atoms with van der Waals surface area (Å²) >= 11 is 0. The van der Waals surface area contributed by atoms with Crippen molar-refractivity contribution in [3.63, 3.8) is 0 Å². The first-order valence-electron chi connectivity index (χ1n) is 5.39. The fourth-order valence-corrected chi connectivity index (χ4v) is 0.856. The normalized spacial score (nSPS) is 17.2. The van der Waals surface area contributed by atoms with Gasteiger partial charge in [0.05, 0.1) is 19.8 Å². The van der Waals surface area contributed by atoms with E-state index in [-0.39, 0.29) is 24.6 Å². The first-order chi connectivity index (χ1) is 7.02. The standard InChI is InChI=1S/C6H10O2.C5H12O2/c7-6-4-2-1-3-5-8-6;1-5(2,3-6)4-7/h1-5H2;6-7H,3-4H2,1-2H3. The minimum atomic E-state index is -0.306. The zero-order chi connectivity index (χ0) is 11.7. The van der Waals surface area contributed by atoms with Crippen LogP contribution in [0.2, 0.25) is 0 Å². The van der Waals surface area contributed by atoms with E-state index >= 15 is 0 Å². The maximum Gasteiger partial charge on any atom is 0.305 e. The van der Waals surface area contributed by atoms with Crippen LogP contribution in [0.1, 0.15) is 39.5 Å². The number of ether oxygens (including phenoxy) is 1. The van der Waals surface area contributed by atoms with Crippen molar-refractivity contribution in [2.45, 2.75) is 39.5 Å². The van der Waals surface area contributed by atoms with Crippen molar-refractivity contribution in [2.75, 3.05) is 19.8 Å². The Balaban J connectivity index is 0.000000265. The van der Waals surface area contributed by atoms with Gasteiger partial charge in [0.15, 0.2) is 0 Å². The molecule has 4 heteroatoms. The third-order valence-electron chi connectivity index (χ3n) is 2.14. The topological polar surface area (TPSA) is 66.8 Å². The Morgan fingerprint density at radius 1 is 1.20 bits per heavy atom. The lowest BCUT2D eigenvalue weighted by Crippen LogP contribution is -2.20. The zero-order valence-electron chi connectivity index (χ0n) is 9.66. The van der Waals surface area contributed by atoms with E-state index in [4.69, 9.17) is 14.9 Å². The van der Waals surface area contributed by atoms with Gasteiger partial charge in [-0.3, -0.25) is 4.79 Å². The molecule has 1 saturated heterocycles. The molecule has 0 spiro atoms. The van der Waals surface area contributed by atoms with E-state index in [0.717, 1.165) is 19.3 Å². The fourth-order valence-electron chi connectivity index (χ4n) is 0.856. The number of cyclic esters (lactones) is 1. The number of esters is 1.